The van der Waals surface area contributed by atoms with Crippen molar-refractivity contribution in [2.24, 2.45) is 0 Å². The van der Waals surface area contributed by atoms with Crippen LogP contribution in [0.4, 0.5) is 5.69 Å². The van der Waals surface area contributed by atoms with Gasteiger partial charge < -0.3 is 9.80 Å². The summed E-state index contributed by atoms with van der Waals surface area (Å²) in [5.74, 6) is 0. The molecule has 2 heteroatoms. The van der Waals surface area contributed by atoms with Gasteiger partial charge in [-0.2, -0.15) is 0 Å². The molecule has 0 amide bonds. The first-order chi connectivity index (χ1) is 7.36. The van der Waals surface area contributed by atoms with E-state index >= 15 is 0 Å². The molecule has 82 valence electrons. The molecular weight excluding hydrogens is 184 g/mol. The van der Waals surface area contributed by atoms with E-state index in [0.29, 0.717) is 0 Å². The van der Waals surface area contributed by atoms with Crippen molar-refractivity contribution in [2.75, 3.05) is 38.1 Å². The normalized spacial score (nSPS) is 16.7. The molecule has 1 heterocycles. The SMILES string of the molecule is C=C.CN1CCN(c2ccccc2)CC1. The van der Waals surface area contributed by atoms with E-state index in [4.69, 9.17) is 0 Å². The smallest absolute Gasteiger partial charge is 0.0367 e. The molecule has 1 aromatic rings. The molecule has 1 fully saturated rings. The fraction of sp³-hybridized carbons (Fsp3) is 0.385. The second-order valence-electron chi connectivity index (χ2n) is 3.63. The number of nitrogens with zero attached hydrogens (tertiary/aromatic N) is 2. The molecular formula is C13H20N2. The average molecular weight is 204 g/mol. The molecule has 2 nitrogen and oxygen atoms in total. The fourth-order valence-electron chi connectivity index (χ4n) is 1.70. The van der Waals surface area contributed by atoms with Crippen LogP contribution in [0.1, 0.15) is 0 Å². The van der Waals surface area contributed by atoms with Crippen molar-refractivity contribution in [3.63, 3.8) is 0 Å². The van der Waals surface area contributed by atoms with E-state index in [1.165, 1.54) is 18.8 Å². The van der Waals surface area contributed by atoms with Crippen LogP contribution < -0.4 is 4.90 Å². The Kier molecular flexibility index (Phi) is 4.91. The maximum atomic E-state index is 3.00. The largest absolute Gasteiger partial charge is 0.369 e. The molecule has 0 spiro atoms. The third kappa shape index (κ3) is 3.40. The third-order valence-electron chi connectivity index (χ3n) is 2.62. The highest BCUT2D eigenvalue weighted by atomic mass is 15.2. The van der Waals surface area contributed by atoms with Crippen molar-refractivity contribution in [1.82, 2.24) is 4.90 Å². The molecule has 0 saturated carbocycles. The number of likely N-dealkylation sites (N-methyl/N-ethyl adjacent to an activating group) is 1. The minimum Gasteiger partial charge on any atom is -0.369 e. The van der Waals surface area contributed by atoms with Crippen molar-refractivity contribution in [2.45, 2.75) is 0 Å². The maximum absolute atomic E-state index is 3.00. The Balaban J connectivity index is 0.000000531. The van der Waals surface area contributed by atoms with Crippen molar-refractivity contribution in [3.05, 3.63) is 43.5 Å². The predicted octanol–water partition coefficient (Wildman–Crippen LogP) is 2.24. The van der Waals surface area contributed by atoms with Crippen LogP contribution in [0.3, 0.4) is 0 Å². The zero-order valence-electron chi connectivity index (χ0n) is 9.52. The summed E-state index contributed by atoms with van der Waals surface area (Å²) in [5, 5.41) is 0. The molecule has 0 radical (unpaired) electrons. The van der Waals surface area contributed by atoms with Crippen LogP contribution in [0, 0.1) is 0 Å². The number of anilines is 1. The topological polar surface area (TPSA) is 6.48 Å². The van der Waals surface area contributed by atoms with E-state index in [0.717, 1.165) is 13.1 Å². The van der Waals surface area contributed by atoms with Crippen molar-refractivity contribution < 1.29 is 0 Å². The predicted molar refractivity (Wildman–Crippen MR) is 67.4 cm³/mol. The lowest BCUT2D eigenvalue weighted by atomic mass is 10.2. The van der Waals surface area contributed by atoms with Crippen LogP contribution in [0.15, 0.2) is 43.5 Å². The van der Waals surface area contributed by atoms with E-state index in [1.54, 1.807) is 0 Å². The number of piperazine rings is 1. The molecule has 0 atom stereocenters. The Morgan fingerprint density at radius 1 is 0.933 bits per heavy atom. The Labute approximate surface area is 92.8 Å². The number of hydrogen-bond acceptors (Lipinski definition) is 2. The van der Waals surface area contributed by atoms with Crippen LogP contribution in [0.2, 0.25) is 0 Å². The quantitative estimate of drug-likeness (QED) is 0.647. The number of rotatable bonds is 1. The zero-order chi connectivity index (χ0) is 11.1. The zero-order valence-corrected chi connectivity index (χ0v) is 9.52. The second-order valence-corrected chi connectivity index (χ2v) is 3.63. The minimum absolute atomic E-state index is 1.15. The van der Waals surface area contributed by atoms with Gasteiger partial charge >= 0.3 is 0 Å². The van der Waals surface area contributed by atoms with Gasteiger partial charge in [-0.3, -0.25) is 0 Å². The molecule has 0 aromatic heterocycles. The summed E-state index contributed by atoms with van der Waals surface area (Å²) in [6.45, 7) is 10.7. The summed E-state index contributed by atoms with van der Waals surface area (Å²) in [4.78, 5) is 4.82. The Morgan fingerprint density at radius 3 is 2.00 bits per heavy atom. The molecule has 1 saturated heterocycles. The molecule has 0 N–H and O–H groups in total. The fourth-order valence-corrected chi connectivity index (χ4v) is 1.70. The van der Waals surface area contributed by atoms with Gasteiger partial charge in [0.1, 0.15) is 0 Å². The minimum atomic E-state index is 1.15. The van der Waals surface area contributed by atoms with Gasteiger partial charge in [-0.25, -0.2) is 0 Å². The first kappa shape index (κ1) is 11.8. The highest BCUT2D eigenvalue weighted by Crippen LogP contribution is 2.14. The first-order valence-corrected chi connectivity index (χ1v) is 5.35. The lowest BCUT2D eigenvalue weighted by Gasteiger charge is -2.33. The summed E-state index contributed by atoms with van der Waals surface area (Å²) in [6.07, 6.45) is 0. The van der Waals surface area contributed by atoms with E-state index < -0.39 is 0 Å². The van der Waals surface area contributed by atoms with Crippen LogP contribution >= 0.6 is 0 Å². The van der Waals surface area contributed by atoms with Gasteiger partial charge in [0.15, 0.2) is 0 Å². The maximum Gasteiger partial charge on any atom is 0.0367 e. The van der Waals surface area contributed by atoms with Crippen molar-refractivity contribution in [3.8, 4) is 0 Å². The molecule has 1 aliphatic heterocycles. The standard InChI is InChI=1S/C11H16N2.C2H4/c1-12-7-9-13(10-8-12)11-5-3-2-4-6-11;1-2/h2-6H,7-10H2,1H3;1-2H2. The monoisotopic (exact) mass is 204 g/mol. The number of benzene rings is 1. The van der Waals surface area contributed by atoms with E-state index in [1.807, 2.05) is 0 Å². The van der Waals surface area contributed by atoms with E-state index in [2.05, 4.69) is 60.3 Å². The Hall–Kier alpha value is -1.28. The van der Waals surface area contributed by atoms with Crippen LogP contribution in [-0.2, 0) is 0 Å². The van der Waals surface area contributed by atoms with E-state index in [9.17, 15) is 0 Å². The summed E-state index contributed by atoms with van der Waals surface area (Å²) in [7, 11) is 2.18. The number of hydrogen-bond donors (Lipinski definition) is 0. The summed E-state index contributed by atoms with van der Waals surface area (Å²) < 4.78 is 0. The van der Waals surface area contributed by atoms with Crippen LogP contribution in [0.25, 0.3) is 0 Å². The highest BCUT2D eigenvalue weighted by Gasteiger charge is 2.13. The molecule has 15 heavy (non-hydrogen) atoms. The first-order valence-electron chi connectivity index (χ1n) is 5.35. The molecule has 0 bridgehead atoms. The molecule has 1 aromatic carbocycles. The van der Waals surface area contributed by atoms with Crippen molar-refractivity contribution in [1.29, 1.82) is 0 Å². The number of para-hydroxylation sites is 1. The highest BCUT2D eigenvalue weighted by molar-refractivity contribution is 5.46. The van der Waals surface area contributed by atoms with Gasteiger partial charge in [0.05, 0.1) is 0 Å². The Morgan fingerprint density at radius 2 is 1.47 bits per heavy atom. The van der Waals surface area contributed by atoms with Crippen LogP contribution in [0.5, 0.6) is 0 Å². The van der Waals surface area contributed by atoms with E-state index in [-0.39, 0.29) is 0 Å². The van der Waals surface area contributed by atoms with Gasteiger partial charge in [-0.05, 0) is 19.2 Å². The molecule has 0 unspecified atom stereocenters. The van der Waals surface area contributed by atoms with Gasteiger partial charge in [0.25, 0.3) is 0 Å². The lowest BCUT2D eigenvalue weighted by molar-refractivity contribution is 0.313. The average Bonchev–Trinajstić information content (AvgIpc) is 2.34. The van der Waals surface area contributed by atoms with Gasteiger partial charge in [-0.15, -0.1) is 13.2 Å². The van der Waals surface area contributed by atoms with Crippen molar-refractivity contribution >= 4 is 5.69 Å². The molecule has 0 aliphatic carbocycles. The molecule has 2 rings (SSSR count). The summed E-state index contributed by atoms with van der Waals surface area (Å²) in [6, 6.07) is 10.7. The summed E-state index contributed by atoms with van der Waals surface area (Å²) in [5.41, 5.74) is 1.36. The third-order valence-corrected chi connectivity index (χ3v) is 2.62. The second kappa shape index (κ2) is 6.25. The van der Waals surface area contributed by atoms with Gasteiger partial charge in [0, 0.05) is 31.9 Å². The summed E-state index contributed by atoms with van der Waals surface area (Å²) >= 11 is 0. The Bertz CT molecular complexity index is 263. The van der Waals surface area contributed by atoms with Crippen LogP contribution in [-0.4, -0.2) is 38.1 Å². The lowest BCUT2D eigenvalue weighted by Crippen LogP contribution is -2.44. The molecule has 1 aliphatic rings. The van der Waals surface area contributed by atoms with Gasteiger partial charge in [-0.1, -0.05) is 18.2 Å². The van der Waals surface area contributed by atoms with Gasteiger partial charge in [0.2, 0.25) is 0 Å².